The van der Waals surface area contributed by atoms with E-state index >= 15 is 0 Å². The molecular formula is C25H41FN2O3. The van der Waals surface area contributed by atoms with Crippen molar-refractivity contribution in [2.75, 3.05) is 26.1 Å². The smallest absolute Gasteiger partial charge is 0.259 e. The van der Waals surface area contributed by atoms with Gasteiger partial charge in [0, 0.05) is 5.69 Å². The molecule has 176 valence electrons. The maximum atomic E-state index is 12.0. The standard InChI is InChI=1S/C16H17NO3.C2H3N.3C2H6.CH3F/c1-16(19,12-20-14-10-6-3-7-11-14)15(18)17-13-8-4-2-5-9-13;1-3-2;4*1-2/h2-11,19H,12H2,1H3,(H,17,18);1H3;3*1-2H3;1H3/t16-;;;;;/m0...../s1. The Morgan fingerprint density at radius 2 is 1.32 bits per heavy atom. The Kier molecular flexibility index (Phi) is 31.0. The Labute approximate surface area is 189 Å². The number of carbonyl (C=O) groups is 1. The summed E-state index contributed by atoms with van der Waals surface area (Å²) in [7, 11) is 1.92. The molecule has 2 aromatic rings. The van der Waals surface area contributed by atoms with E-state index in [2.05, 4.69) is 10.2 Å². The second-order valence-corrected chi connectivity index (χ2v) is 4.92. The lowest BCUT2D eigenvalue weighted by atomic mass is 10.1. The lowest BCUT2D eigenvalue weighted by Gasteiger charge is -2.22. The molecule has 0 unspecified atom stereocenters. The molecule has 0 aliphatic rings. The maximum Gasteiger partial charge on any atom is 0.259 e. The van der Waals surface area contributed by atoms with E-state index in [1.54, 1.807) is 24.3 Å². The SMILES string of the molecule is CC.CC.CC.CF.C[C@](O)(COc1ccccc1)C(=O)Nc1ccccc1.[C-]#[N+]C. The molecule has 0 aromatic heterocycles. The normalized spacial score (nSPS) is 9.61. The lowest BCUT2D eigenvalue weighted by molar-refractivity contribution is -0.135. The molecule has 0 heterocycles. The van der Waals surface area contributed by atoms with Crippen molar-refractivity contribution < 1.29 is 19.0 Å². The van der Waals surface area contributed by atoms with Gasteiger partial charge in [0.2, 0.25) is 7.05 Å². The van der Waals surface area contributed by atoms with Gasteiger partial charge in [0.05, 0.1) is 7.18 Å². The zero-order valence-corrected chi connectivity index (χ0v) is 20.6. The number of ether oxygens (including phenoxy) is 1. The topological polar surface area (TPSA) is 62.9 Å². The molecule has 1 atom stereocenters. The predicted octanol–water partition coefficient (Wildman–Crippen LogP) is 6.65. The number of aliphatic hydroxyl groups is 1. The number of para-hydroxylation sites is 2. The summed E-state index contributed by atoms with van der Waals surface area (Å²) in [5.74, 6) is 0.111. The van der Waals surface area contributed by atoms with Gasteiger partial charge in [-0.3, -0.25) is 9.18 Å². The Balaban J connectivity index is -0.000000286. The number of nitrogens with zero attached hydrogens (tertiary/aromatic N) is 1. The van der Waals surface area contributed by atoms with Crippen LogP contribution < -0.4 is 10.1 Å². The van der Waals surface area contributed by atoms with Gasteiger partial charge in [-0.25, -0.2) is 6.57 Å². The lowest BCUT2D eigenvalue weighted by Crippen LogP contribution is -2.45. The number of benzene rings is 2. The van der Waals surface area contributed by atoms with E-state index in [1.165, 1.54) is 14.0 Å². The van der Waals surface area contributed by atoms with Crippen molar-refractivity contribution in [2.24, 2.45) is 0 Å². The zero-order valence-electron chi connectivity index (χ0n) is 20.6. The molecule has 5 nitrogen and oxygen atoms in total. The fourth-order valence-electron chi connectivity index (χ4n) is 1.59. The predicted molar refractivity (Wildman–Crippen MR) is 131 cm³/mol. The van der Waals surface area contributed by atoms with Crippen LogP contribution in [0, 0.1) is 6.57 Å². The molecule has 6 heteroatoms. The maximum absolute atomic E-state index is 12.0. The second-order valence-electron chi connectivity index (χ2n) is 4.92. The van der Waals surface area contributed by atoms with Gasteiger partial charge in [-0.15, -0.1) is 0 Å². The van der Waals surface area contributed by atoms with Crippen molar-refractivity contribution in [3.05, 3.63) is 72.1 Å². The fourth-order valence-corrected chi connectivity index (χ4v) is 1.59. The highest BCUT2D eigenvalue weighted by Gasteiger charge is 2.31. The molecule has 0 aliphatic heterocycles. The van der Waals surface area contributed by atoms with E-state index in [4.69, 9.17) is 11.3 Å². The Hall–Kier alpha value is -2.91. The molecule has 0 spiro atoms. The average molecular weight is 437 g/mol. The fraction of sp³-hybridized carbons (Fsp3) is 0.440. The molecular weight excluding hydrogens is 395 g/mol. The molecule has 0 saturated carbocycles. The number of alkyl halides is 1. The Morgan fingerprint density at radius 3 is 1.71 bits per heavy atom. The van der Waals surface area contributed by atoms with E-state index in [0.29, 0.717) is 18.6 Å². The van der Waals surface area contributed by atoms with Gasteiger partial charge in [-0.2, -0.15) is 0 Å². The number of nitrogens with one attached hydrogen (secondary N) is 1. The molecule has 0 radical (unpaired) electrons. The summed E-state index contributed by atoms with van der Waals surface area (Å²) in [6, 6.07) is 18.0. The van der Waals surface area contributed by atoms with E-state index in [0.717, 1.165) is 0 Å². The summed E-state index contributed by atoms with van der Waals surface area (Å²) in [6.45, 7) is 19.1. The van der Waals surface area contributed by atoms with E-state index in [9.17, 15) is 14.3 Å². The molecule has 2 rings (SSSR count). The van der Waals surface area contributed by atoms with Gasteiger partial charge in [0.1, 0.15) is 12.4 Å². The minimum absolute atomic E-state index is 0.115. The summed E-state index contributed by atoms with van der Waals surface area (Å²) in [6.07, 6.45) is 0. The number of anilines is 1. The van der Waals surface area contributed by atoms with Crippen molar-refractivity contribution in [3.63, 3.8) is 0 Å². The quantitative estimate of drug-likeness (QED) is 0.516. The highest BCUT2D eigenvalue weighted by molar-refractivity contribution is 5.96. The first-order valence-corrected chi connectivity index (χ1v) is 10.4. The Bertz CT molecular complexity index is 643. The van der Waals surface area contributed by atoms with Gasteiger partial charge in [0.25, 0.3) is 5.91 Å². The largest absolute Gasteiger partial charge is 0.490 e. The van der Waals surface area contributed by atoms with Gasteiger partial charge >= 0.3 is 0 Å². The van der Waals surface area contributed by atoms with Crippen molar-refractivity contribution in [3.8, 4) is 5.75 Å². The van der Waals surface area contributed by atoms with Crippen LogP contribution in [-0.2, 0) is 4.79 Å². The van der Waals surface area contributed by atoms with E-state index < -0.39 is 11.5 Å². The summed E-state index contributed by atoms with van der Waals surface area (Å²) in [5, 5.41) is 12.8. The average Bonchev–Trinajstić information content (AvgIpc) is 2.85. The van der Waals surface area contributed by atoms with Crippen LogP contribution in [0.15, 0.2) is 60.7 Å². The minimum Gasteiger partial charge on any atom is -0.490 e. The first-order valence-electron chi connectivity index (χ1n) is 10.4. The van der Waals surface area contributed by atoms with Crippen LogP contribution in [0.1, 0.15) is 48.5 Å². The monoisotopic (exact) mass is 436 g/mol. The van der Waals surface area contributed by atoms with Crippen LogP contribution in [0.3, 0.4) is 0 Å². The van der Waals surface area contributed by atoms with Crippen molar-refractivity contribution in [1.29, 1.82) is 0 Å². The van der Waals surface area contributed by atoms with Crippen molar-refractivity contribution >= 4 is 11.6 Å². The summed E-state index contributed by atoms with van der Waals surface area (Å²) in [5.41, 5.74) is -0.969. The third-order valence-corrected chi connectivity index (χ3v) is 2.78. The van der Waals surface area contributed by atoms with Crippen LogP contribution in [0.2, 0.25) is 0 Å². The summed E-state index contributed by atoms with van der Waals surface area (Å²) >= 11 is 0. The second kappa shape index (κ2) is 27.1. The summed E-state index contributed by atoms with van der Waals surface area (Å²) < 4.78 is 14.9. The number of amides is 1. The number of hydrogen-bond acceptors (Lipinski definition) is 3. The molecule has 0 saturated heterocycles. The molecule has 1 amide bonds. The molecule has 2 N–H and O–H groups in total. The molecule has 0 fully saturated rings. The van der Waals surface area contributed by atoms with Crippen LogP contribution in [0.25, 0.3) is 4.85 Å². The molecule has 2 aromatic carbocycles. The van der Waals surface area contributed by atoms with Crippen LogP contribution in [-0.4, -0.2) is 37.4 Å². The summed E-state index contributed by atoms with van der Waals surface area (Å²) in [4.78, 5) is 14.8. The first-order chi connectivity index (χ1) is 15.0. The van der Waals surface area contributed by atoms with Gasteiger partial charge < -0.3 is 20.0 Å². The van der Waals surface area contributed by atoms with Crippen LogP contribution in [0.5, 0.6) is 5.75 Å². The van der Waals surface area contributed by atoms with Crippen molar-refractivity contribution in [2.45, 2.75) is 54.1 Å². The van der Waals surface area contributed by atoms with Crippen LogP contribution >= 0.6 is 0 Å². The van der Waals surface area contributed by atoms with Gasteiger partial charge in [-0.1, -0.05) is 77.9 Å². The minimum atomic E-state index is -1.61. The number of carbonyl (C=O) groups excluding carboxylic acids is 1. The van der Waals surface area contributed by atoms with E-state index in [1.807, 2.05) is 77.9 Å². The highest BCUT2D eigenvalue weighted by Crippen LogP contribution is 2.14. The third kappa shape index (κ3) is 20.2. The van der Waals surface area contributed by atoms with Gasteiger partial charge in [0.15, 0.2) is 5.60 Å². The number of halogens is 1. The molecule has 0 bridgehead atoms. The van der Waals surface area contributed by atoms with Crippen LogP contribution in [0.4, 0.5) is 10.1 Å². The zero-order chi connectivity index (χ0) is 25.1. The first kappa shape index (κ1) is 35.5. The van der Waals surface area contributed by atoms with Crippen molar-refractivity contribution in [1.82, 2.24) is 0 Å². The molecule has 31 heavy (non-hydrogen) atoms. The van der Waals surface area contributed by atoms with Gasteiger partial charge in [-0.05, 0) is 31.2 Å². The molecule has 0 aliphatic carbocycles. The number of hydrogen-bond donors (Lipinski definition) is 2. The third-order valence-electron chi connectivity index (χ3n) is 2.78. The number of rotatable bonds is 5. The Morgan fingerprint density at radius 1 is 0.968 bits per heavy atom. The van der Waals surface area contributed by atoms with E-state index in [-0.39, 0.29) is 6.61 Å². The highest BCUT2D eigenvalue weighted by atomic mass is 19.1.